The summed E-state index contributed by atoms with van der Waals surface area (Å²) in [4.78, 5) is 23.1. The van der Waals surface area contributed by atoms with Crippen molar-refractivity contribution in [2.45, 2.75) is 34.1 Å². The van der Waals surface area contributed by atoms with E-state index >= 15 is 0 Å². The Labute approximate surface area is 112 Å². The van der Waals surface area contributed by atoms with Crippen molar-refractivity contribution in [2.24, 2.45) is 5.41 Å². The van der Waals surface area contributed by atoms with E-state index in [2.05, 4.69) is 0 Å². The van der Waals surface area contributed by atoms with Crippen LogP contribution < -0.4 is 9.47 Å². The van der Waals surface area contributed by atoms with E-state index in [1.807, 2.05) is 0 Å². The number of carbonyl (C=O) groups excluding carboxylic acids is 2. The molecule has 0 aromatic heterocycles. The van der Waals surface area contributed by atoms with Gasteiger partial charge in [0, 0.05) is 6.42 Å². The highest BCUT2D eigenvalue weighted by Gasteiger charge is 2.26. The lowest BCUT2D eigenvalue weighted by Gasteiger charge is -2.18. The van der Waals surface area contributed by atoms with Crippen LogP contribution in [0, 0.1) is 5.41 Å². The van der Waals surface area contributed by atoms with E-state index in [1.165, 1.54) is 18.2 Å². The molecule has 104 valence electrons. The van der Waals surface area contributed by atoms with Crippen LogP contribution in [0.1, 0.15) is 34.1 Å². The number of aromatic hydroxyl groups is 1. The number of hydrogen-bond acceptors (Lipinski definition) is 5. The van der Waals surface area contributed by atoms with Crippen LogP contribution in [0.4, 0.5) is 0 Å². The molecule has 0 heterocycles. The average Bonchev–Trinajstić information content (AvgIpc) is 2.31. The van der Waals surface area contributed by atoms with E-state index in [1.54, 1.807) is 27.7 Å². The quantitative estimate of drug-likeness (QED) is 0.672. The van der Waals surface area contributed by atoms with E-state index in [9.17, 15) is 14.7 Å². The highest BCUT2D eigenvalue weighted by molar-refractivity contribution is 5.80. The number of hydrogen-bond donors (Lipinski definition) is 1. The molecular formula is C14H18O5. The molecule has 1 rings (SSSR count). The van der Waals surface area contributed by atoms with Gasteiger partial charge in [-0.15, -0.1) is 0 Å². The third kappa shape index (κ3) is 3.98. The van der Waals surface area contributed by atoms with Gasteiger partial charge in [0.15, 0.2) is 11.5 Å². The van der Waals surface area contributed by atoms with Crippen LogP contribution in [-0.2, 0) is 9.59 Å². The standard InChI is InChI=1S/C14H18O5/c1-5-11(16)18-10-8-6-7-9(15)12(10)19-13(17)14(2,3)4/h6-8,15H,5H2,1-4H3. The first-order valence-electron chi connectivity index (χ1n) is 6.00. The van der Waals surface area contributed by atoms with Crippen molar-refractivity contribution in [2.75, 3.05) is 0 Å². The second-order valence-corrected chi connectivity index (χ2v) is 5.07. The molecule has 0 fully saturated rings. The minimum Gasteiger partial charge on any atom is -0.504 e. The van der Waals surface area contributed by atoms with E-state index in [0.717, 1.165) is 0 Å². The van der Waals surface area contributed by atoms with Crippen molar-refractivity contribution >= 4 is 11.9 Å². The van der Waals surface area contributed by atoms with Gasteiger partial charge in [-0.1, -0.05) is 13.0 Å². The maximum absolute atomic E-state index is 11.8. The van der Waals surface area contributed by atoms with Gasteiger partial charge in [0.1, 0.15) is 0 Å². The maximum Gasteiger partial charge on any atom is 0.316 e. The minimum atomic E-state index is -0.728. The lowest BCUT2D eigenvalue weighted by Crippen LogP contribution is -2.26. The van der Waals surface area contributed by atoms with Crippen molar-refractivity contribution in [1.29, 1.82) is 0 Å². The lowest BCUT2D eigenvalue weighted by molar-refractivity contribution is -0.143. The molecule has 0 spiro atoms. The first-order chi connectivity index (χ1) is 8.75. The van der Waals surface area contributed by atoms with Crippen molar-refractivity contribution in [3.63, 3.8) is 0 Å². The fourth-order valence-corrected chi connectivity index (χ4v) is 1.13. The van der Waals surface area contributed by atoms with Crippen LogP contribution in [-0.4, -0.2) is 17.0 Å². The molecule has 0 aliphatic heterocycles. The SMILES string of the molecule is CCC(=O)Oc1cccc(O)c1OC(=O)C(C)(C)C. The number of rotatable bonds is 3. The Morgan fingerprint density at radius 1 is 1.21 bits per heavy atom. The van der Waals surface area contributed by atoms with Gasteiger partial charge >= 0.3 is 11.9 Å². The van der Waals surface area contributed by atoms with Crippen LogP contribution >= 0.6 is 0 Å². The number of carbonyl (C=O) groups is 2. The summed E-state index contributed by atoms with van der Waals surface area (Å²) in [6.45, 7) is 6.71. The zero-order valence-electron chi connectivity index (χ0n) is 11.5. The summed E-state index contributed by atoms with van der Waals surface area (Å²) >= 11 is 0. The summed E-state index contributed by atoms with van der Waals surface area (Å²) in [7, 11) is 0. The predicted molar refractivity (Wildman–Crippen MR) is 69.1 cm³/mol. The topological polar surface area (TPSA) is 72.8 Å². The second-order valence-electron chi connectivity index (χ2n) is 5.07. The van der Waals surface area contributed by atoms with E-state index < -0.39 is 17.4 Å². The van der Waals surface area contributed by atoms with Crippen LogP contribution in [0.3, 0.4) is 0 Å². The fourth-order valence-electron chi connectivity index (χ4n) is 1.13. The smallest absolute Gasteiger partial charge is 0.316 e. The first-order valence-corrected chi connectivity index (χ1v) is 6.00. The zero-order chi connectivity index (χ0) is 14.6. The molecule has 0 atom stereocenters. The summed E-state index contributed by atoms with van der Waals surface area (Å²) in [6.07, 6.45) is 0.183. The van der Waals surface area contributed by atoms with Gasteiger partial charge in [0.25, 0.3) is 0 Å². The Hall–Kier alpha value is -2.04. The van der Waals surface area contributed by atoms with E-state index in [0.29, 0.717) is 0 Å². The average molecular weight is 266 g/mol. The molecule has 0 amide bonds. The van der Waals surface area contributed by atoms with Crippen LogP contribution in [0.25, 0.3) is 0 Å². The molecule has 0 aliphatic carbocycles. The fraction of sp³-hybridized carbons (Fsp3) is 0.429. The molecule has 0 aliphatic rings. The number of esters is 2. The maximum atomic E-state index is 11.8. The Morgan fingerprint density at radius 3 is 2.37 bits per heavy atom. The van der Waals surface area contributed by atoms with Crippen LogP contribution in [0.2, 0.25) is 0 Å². The lowest BCUT2D eigenvalue weighted by atomic mass is 9.97. The minimum absolute atomic E-state index is 0.0319. The Kier molecular flexibility index (Phi) is 4.53. The number of phenolic OH excluding ortho intramolecular Hbond substituents is 1. The molecule has 0 saturated heterocycles. The molecule has 0 radical (unpaired) electrons. The van der Waals surface area contributed by atoms with Gasteiger partial charge in [0.2, 0.25) is 5.75 Å². The molecule has 0 bridgehead atoms. The molecule has 5 nitrogen and oxygen atoms in total. The molecule has 19 heavy (non-hydrogen) atoms. The number of benzene rings is 1. The summed E-state index contributed by atoms with van der Waals surface area (Å²) in [5, 5.41) is 9.72. The molecule has 1 aromatic carbocycles. The number of ether oxygens (including phenoxy) is 2. The van der Waals surface area contributed by atoms with E-state index in [-0.39, 0.29) is 23.7 Å². The molecule has 0 saturated carbocycles. The monoisotopic (exact) mass is 266 g/mol. The highest BCUT2D eigenvalue weighted by Crippen LogP contribution is 2.37. The summed E-state index contributed by atoms with van der Waals surface area (Å²) < 4.78 is 10.1. The highest BCUT2D eigenvalue weighted by atomic mass is 16.6. The normalized spacial score (nSPS) is 10.9. The predicted octanol–water partition coefficient (Wildman–Crippen LogP) is 2.66. The zero-order valence-corrected chi connectivity index (χ0v) is 11.5. The number of phenols is 1. The Balaban J connectivity index is 3.05. The van der Waals surface area contributed by atoms with Gasteiger partial charge in [-0.05, 0) is 32.9 Å². The van der Waals surface area contributed by atoms with Gasteiger partial charge in [-0.2, -0.15) is 0 Å². The van der Waals surface area contributed by atoms with Crippen molar-refractivity contribution in [1.82, 2.24) is 0 Å². The molecule has 5 heteroatoms. The Morgan fingerprint density at radius 2 is 1.84 bits per heavy atom. The molecular weight excluding hydrogens is 248 g/mol. The van der Waals surface area contributed by atoms with Gasteiger partial charge in [-0.25, -0.2) is 0 Å². The largest absolute Gasteiger partial charge is 0.504 e. The van der Waals surface area contributed by atoms with Gasteiger partial charge in [-0.3, -0.25) is 9.59 Å². The third-order valence-corrected chi connectivity index (χ3v) is 2.28. The first kappa shape index (κ1) is 15.0. The number of para-hydroxylation sites is 1. The van der Waals surface area contributed by atoms with Crippen LogP contribution in [0.15, 0.2) is 18.2 Å². The van der Waals surface area contributed by atoms with E-state index in [4.69, 9.17) is 9.47 Å². The summed E-state index contributed by atoms with van der Waals surface area (Å²) in [6, 6.07) is 4.31. The van der Waals surface area contributed by atoms with Gasteiger partial charge < -0.3 is 14.6 Å². The molecule has 1 N–H and O–H groups in total. The van der Waals surface area contributed by atoms with Crippen molar-refractivity contribution in [3.8, 4) is 17.2 Å². The Bertz CT molecular complexity index is 485. The summed E-state index contributed by atoms with van der Waals surface area (Å²) in [5.41, 5.74) is -0.728. The van der Waals surface area contributed by atoms with Crippen molar-refractivity contribution < 1.29 is 24.2 Å². The van der Waals surface area contributed by atoms with Crippen molar-refractivity contribution in [3.05, 3.63) is 18.2 Å². The second kappa shape index (κ2) is 5.73. The van der Waals surface area contributed by atoms with Crippen LogP contribution in [0.5, 0.6) is 17.2 Å². The molecule has 0 unspecified atom stereocenters. The van der Waals surface area contributed by atoms with Gasteiger partial charge in [0.05, 0.1) is 5.41 Å². The molecule has 1 aromatic rings. The third-order valence-electron chi connectivity index (χ3n) is 2.28. The summed E-state index contributed by atoms with van der Waals surface area (Å²) in [5.74, 6) is -1.35.